The van der Waals surface area contributed by atoms with Crippen molar-refractivity contribution in [2.75, 3.05) is 33.0 Å². The lowest BCUT2D eigenvalue weighted by Crippen LogP contribution is -2.51. The second kappa shape index (κ2) is 14.3. The minimum atomic E-state index is -0.339. The molecule has 8 nitrogen and oxygen atoms in total. The predicted octanol–water partition coefficient (Wildman–Crippen LogP) is 3.74. The molecule has 33 heavy (non-hydrogen) atoms. The number of morpholine rings is 1. The normalized spacial score (nSPS) is 20.5. The molecule has 0 spiro atoms. The molecule has 1 heterocycles. The monoisotopic (exact) mass is 458 g/mol. The molecule has 0 bridgehead atoms. The number of rotatable bonds is 11. The number of hydrogen-bond acceptors (Lipinski definition) is 7. The topological polar surface area (TPSA) is 106 Å². The number of aliphatic hydroxyl groups excluding tert-OH is 1. The van der Waals surface area contributed by atoms with E-state index in [9.17, 15) is 19.6 Å². The highest BCUT2D eigenvalue weighted by atomic mass is 16.5. The fraction of sp³-hybridized carbons (Fsp3) is 0.520. The van der Waals surface area contributed by atoms with E-state index in [0.29, 0.717) is 32.5 Å². The van der Waals surface area contributed by atoms with E-state index in [2.05, 4.69) is 17.3 Å². The molecule has 0 unspecified atom stereocenters. The number of nitroso groups, excluding NO2 is 1. The smallest absolute Gasteiger partial charge is 0.227 e. The molecular formula is C25H34N2O6. The first-order valence-corrected chi connectivity index (χ1v) is 11.4. The van der Waals surface area contributed by atoms with E-state index in [0.717, 1.165) is 30.4 Å². The number of allylic oxidation sites excluding steroid dienone is 7. The van der Waals surface area contributed by atoms with Crippen molar-refractivity contribution >= 4 is 12.2 Å². The third kappa shape index (κ3) is 7.91. The standard InChI is InChI=1S/C25H34N2O6/c1-3-4-10-24(23(16-29)19(2)26-31)33-18-22-17-32-14-12-27(22)25(30)15-21-9-7-5-6-8-20(21)11-13-28/h3-4,8-10,16,22,28H,5-7,11-15,17-18H2,1-2H3/b4-3-,23-19+,24-10+/t22-/m0/s1. The molecule has 1 aliphatic carbocycles. The minimum absolute atomic E-state index is 0.0251. The van der Waals surface area contributed by atoms with E-state index in [1.165, 1.54) is 6.92 Å². The molecule has 0 aromatic carbocycles. The van der Waals surface area contributed by atoms with Crippen molar-refractivity contribution in [3.63, 3.8) is 0 Å². The van der Waals surface area contributed by atoms with E-state index in [4.69, 9.17) is 9.47 Å². The fourth-order valence-corrected chi connectivity index (χ4v) is 3.84. The van der Waals surface area contributed by atoms with Crippen molar-refractivity contribution in [2.45, 2.75) is 52.0 Å². The van der Waals surface area contributed by atoms with Crippen molar-refractivity contribution < 1.29 is 24.2 Å². The van der Waals surface area contributed by atoms with Crippen molar-refractivity contribution in [1.29, 1.82) is 0 Å². The summed E-state index contributed by atoms with van der Waals surface area (Å²) in [5.41, 5.74) is 2.11. The number of amides is 1. The molecule has 0 aromatic heterocycles. The zero-order chi connectivity index (χ0) is 24.1. The molecule has 1 N–H and O–H groups in total. The Morgan fingerprint density at radius 3 is 2.76 bits per heavy atom. The van der Waals surface area contributed by atoms with Crippen LogP contribution in [0.2, 0.25) is 0 Å². The van der Waals surface area contributed by atoms with Crippen molar-refractivity contribution in [3.05, 3.63) is 63.5 Å². The van der Waals surface area contributed by atoms with Gasteiger partial charge in [-0.2, -0.15) is 0 Å². The van der Waals surface area contributed by atoms with Gasteiger partial charge in [0.15, 0.2) is 6.29 Å². The van der Waals surface area contributed by atoms with Gasteiger partial charge in [-0.25, -0.2) is 0 Å². The zero-order valence-electron chi connectivity index (χ0n) is 19.5. The largest absolute Gasteiger partial charge is 0.491 e. The maximum atomic E-state index is 13.2. The van der Waals surface area contributed by atoms with Crippen LogP contribution in [0.1, 0.15) is 46.0 Å². The Hall–Kier alpha value is -2.84. The number of nitrogens with zero attached hydrogens (tertiary/aromatic N) is 2. The van der Waals surface area contributed by atoms with E-state index >= 15 is 0 Å². The van der Waals surface area contributed by atoms with Crippen molar-refractivity contribution in [1.82, 2.24) is 4.90 Å². The predicted molar refractivity (Wildman–Crippen MR) is 126 cm³/mol. The Labute approximate surface area is 195 Å². The summed E-state index contributed by atoms with van der Waals surface area (Å²) >= 11 is 0. The highest BCUT2D eigenvalue weighted by Crippen LogP contribution is 2.25. The van der Waals surface area contributed by atoms with E-state index in [1.807, 2.05) is 6.92 Å². The first-order chi connectivity index (χ1) is 16.0. The van der Waals surface area contributed by atoms with Gasteiger partial charge in [-0.05, 0) is 61.9 Å². The van der Waals surface area contributed by atoms with Gasteiger partial charge >= 0.3 is 0 Å². The molecule has 180 valence electrons. The molecule has 1 atom stereocenters. The number of aldehydes is 1. The van der Waals surface area contributed by atoms with Crippen LogP contribution >= 0.6 is 0 Å². The van der Waals surface area contributed by atoms with Gasteiger partial charge in [0.25, 0.3) is 0 Å². The van der Waals surface area contributed by atoms with Crippen molar-refractivity contribution in [3.8, 4) is 0 Å². The van der Waals surface area contributed by atoms with Crippen LogP contribution in [0, 0.1) is 4.91 Å². The van der Waals surface area contributed by atoms with Crippen LogP contribution in [0.15, 0.2) is 63.7 Å². The van der Waals surface area contributed by atoms with Crippen LogP contribution in [0.25, 0.3) is 0 Å². The Balaban J connectivity index is 2.15. The second-order valence-electron chi connectivity index (χ2n) is 7.93. The third-order valence-corrected chi connectivity index (χ3v) is 5.65. The van der Waals surface area contributed by atoms with Gasteiger partial charge in [0.05, 0.1) is 36.9 Å². The lowest BCUT2D eigenvalue weighted by Gasteiger charge is -2.36. The Morgan fingerprint density at radius 1 is 1.33 bits per heavy atom. The quantitative estimate of drug-likeness (QED) is 0.166. The Bertz CT molecular complexity index is 853. The summed E-state index contributed by atoms with van der Waals surface area (Å²) < 4.78 is 11.5. The molecule has 1 fully saturated rings. The SMILES string of the molecule is C\C=C/C=C(OC[C@@H]1COCCN1C(=O)CC1=CCCCC=C1CCO)\C(C=O)=C(/C)N=O. The number of aliphatic hydroxyl groups is 1. The van der Waals surface area contributed by atoms with Gasteiger partial charge in [-0.15, -0.1) is 4.91 Å². The van der Waals surface area contributed by atoms with Crippen LogP contribution in [-0.2, 0) is 19.1 Å². The maximum Gasteiger partial charge on any atom is 0.227 e. The number of carbonyl (C=O) groups excluding carboxylic acids is 2. The number of hydrogen-bond donors (Lipinski definition) is 1. The molecule has 8 heteroatoms. The first kappa shape index (κ1) is 26.4. The zero-order valence-corrected chi connectivity index (χ0v) is 19.5. The van der Waals surface area contributed by atoms with Gasteiger partial charge < -0.3 is 19.5 Å². The van der Waals surface area contributed by atoms with Gasteiger partial charge in [-0.3, -0.25) is 9.59 Å². The van der Waals surface area contributed by atoms with Crippen molar-refractivity contribution in [2.24, 2.45) is 5.18 Å². The fourth-order valence-electron chi connectivity index (χ4n) is 3.84. The summed E-state index contributed by atoms with van der Waals surface area (Å²) in [7, 11) is 0. The Morgan fingerprint density at radius 2 is 2.09 bits per heavy atom. The van der Waals surface area contributed by atoms with Gasteiger partial charge in [0, 0.05) is 13.2 Å². The third-order valence-electron chi connectivity index (χ3n) is 5.65. The molecule has 0 radical (unpaired) electrons. The summed E-state index contributed by atoms with van der Waals surface area (Å²) in [6, 6.07) is -0.339. The summed E-state index contributed by atoms with van der Waals surface area (Å²) in [5.74, 6) is 0.192. The highest BCUT2D eigenvalue weighted by molar-refractivity contribution is 5.81. The van der Waals surface area contributed by atoms with Gasteiger partial charge in [0.1, 0.15) is 12.4 Å². The van der Waals surface area contributed by atoms with E-state index in [1.54, 1.807) is 23.1 Å². The van der Waals surface area contributed by atoms with Gasteiger partial charge in [-0.1, -0.05) is 24.3 Å². The molecule has 2 rings (SSSR count). The minimum Gasteiger partial charge on any atom is -0.491 e. The lowest BCUT2D eigenvalue weighted by atomic mass is 9.98. The first-order valence-electron chi connectivity index (χ1n) is 11.4. The maximum absolute atomic E-state index is 13.2. The summed E-state index contributed by atoms with van der Waals surface area (Å²) in [4.78, 5) is 37.5. The molecule has 0 aromatic rings. The average Bonchev–Trinajstić information content (AvgIpc) is 3.05. The van der Waals surface area contributed by atoms with Crippen LogP contribution in [0.3, 0.4) is 0 Å². The van der Waals surface area contributed by atoms with Crippen LogP contribution in [0.5, 0.6) is 0 Å². The molecule has 2 aliphatic rings. The lowest BCUT2D eigenvalue weighted by molar-refractivity contribution is -0.141. The Kier molecular flexibility index (Phi) is 11.5. The molecular weight excluding hydrogens is 424 g/mol. The summed E-state index contributed by atoms with van der Waals surface area (Å²) in [6.07, 6.45) is 13.5. The highest BCUT2D eigenvalue weighted by Gasteiger charge is 2.29. The number of carbonyl (C=O) groups is 2. The van der Waals surface area contributed by atoms with Crippen LogP contribution in [0.4, 0.5) is 0 Å². The molecule has 0 saturated carbocycles. The van der Waals surface area contributed by atoms with E-state index in [-0.39, 0.29) is 48.6 Å². The molecule has 1 amide bonds. The summed E-state index contributed by atoms with van der Waals surface area (Å²) in [6.45, 7) is 4.62. The second-order valence-corrected chi connectivity index (χ2v) is 7.93. The summed E-state index contributed by atoms with van der Waals surface area (Å²) in [5, 5.41) is 12.3. The number of ether oxygens (including phenoxy) is 2. The van der Waals surface area contributed by atoms with E-state index < -0.39 is 0 Å². The average molecular weight is 459 g/mol. The van der Waals surface area contributed by atoms with Gasteiger partial charge in [0.2, 0.25) is 5.91 Å². The molecule has 1 saturated heterocycles. The van der Waals surface area contributed by atoms with Crippen LogP contribution in [-0.4, -0.2) is 61.2 Å². The van der Waals surface area contributed by atoms with Crippen LogP contribution < -0.4 is 0 Å². The molecule has 1 aliphatic heterocycles.